The minimum atomic E-state index is -0.746. The van der Waals surface area contributed by atoms with E-state index in [0.29, 0.717) is 6.42 Å². The van der Waals surface area contributed by atoms with Gasteiger partial charge in [-0.25, -0.2) is 0 Å². The molecule has 0 spiro atoms. The molecule has 1 fully saturated rings. The molecule has 0 radical (unpaired) electrons. The van der Waals surface area contributed by atoms with Crippen LogP contribution < -0.4 is 21.7 Å². The standard InChI is InChI=1S/C15H20N4O3/c1-9-13(18-9)15(22)19-11(14(21)17-8-12(16)20)7-10-5-3-2-4-6-10/h2-6,9,11,13,18H,7-8H2,1H3,(H2,16,20)(H,17,21)(H,19,22)/t9-,11-,13-/m0/s1. The van der Waals surface area contributed by atoms with E-state index in [1.807, 2.05) is 37.3 Å². The van der Waals surface area contributed by atoms with Crippen molar-refractivity contribution in [3.05, 3.63) is 35.9 Å². The topological polar surface area (TPSA) is 123 Å². The highest BCUT2D eigenvalue weighted by molar-refractivity contribution is 5.93. The van der Waals surface area contributed by atoms with Crippen molar-refractivity contribution >= 4 is 17.7 Å². The number of primary amides is 1. The molecular formula is C15H20N4O3. The molecule has 7 nitrogen and oxygen atoms in total. The quantitative estimate of drug-likeness (QED) is 0.466. The molecule has 22 heavy (non-hydrogen) atoms. The zero-order chi connectivity index (χ0) is 16.1. The second-order valence-electron chi connectivity index (χ2n) is 5.37. The molecule has 2 rings (SSSR count). The third kappa shape index (κ3) is 4.56. The van der Waals surface area contributed by atoms with Gasteiger partial charge in [0.25, 0.3) is 0 Å². The minimum absolute atomic E-state index is 0.117. The van der Waals surface area contributed by atoms with Crippen LogP contribution in [0.15, 0.2) is 30.3 Å². The maximum absolute atomic E-state index is 12.2. The van der Waals surface area contributed by atoms with Crippen LogP contribution >= 0.6 is 0 Å². The summed E-state index contributed by atoms with van der Waals surface area (Å²) in [4.78, 5) is 34.9. The van der Waals surface area contributed by atoms with E-state index in [2.05, 4.69) is 16.0 Å². The molecule has 1 aliphatic rings. The van der Waals surface area contributed by atoms with Crippen LogP contribution in [0.2, 0.25) is 0 Å². The van der Waals surface area contributed by atoms with E-state index in [0.717, 1.165) is 5.56 Å². The molecule has 0 aliphatic carbocycles. The van der Waals surface area contributed by atoms with Crippen LogP contribution in [-0.4, -0.2) is 42.4 Å². The summed E-state index contributed by atoms with van der Waals surface area (Å²) in [6, 6.07) is 8.45. The molecule has 118 valence electrons. The fraction of sp³-hybridized carbons (Fsp3) is 0.400. The van der Waals surface area contributed by atoms with Crippen LogP contribution in [-0.2, 0) is 20.8 Å². The molecule has 0 aromatic heterocycles. The average molecular weight is 304 g/mol. The van der Waals surface area contributed by atoms with Crippen LogP contribution in [0, 0.1) is 0 Å². The lowest BCUT2D eigenvalue weighted by molar-refractivity contribution is -0.129. The van der Waals surface area contributed by atoms with Crippen molar-refractivity contribution in [1.82, 2.24) is 16.0 Å². The summed E-state index contributed by atoms with van der Waals surface area (Å²) in [6.07, 6.45) is 0.346. The van der Waals surface area contributed by atoms with Crippen molar-refractivity contribution in [3.8, 4) is 0 Å². The SMILES string of the molecule is C[C@@H]1N[C@@H]1C(=O)N[C@@H](Cc1ccccc1)C(=O)NCC(N)=O. The Bertz CT molecular complexity index is 561. The normalized spacial score (nSPS) is 20.8. The van der Waals surface area contributed by atoms with Crippen molar-refractivity contribution in [1.29, 1.82) is 0 Å². The summed E-state index contributed by atoms with van der Waals surface area (Å²) in [5.74, 6) is -1.28. The van der Waals surface area contributed by atoms with Gasteiger partial charge in [0.1, 0.15) is 12.1 Å². The molecule has 7 heteroatoms. The second kappa shape index (κ2) is 7.04. The van der Waals surface area contributed by atoms with Crippen LogP contribution in [0.1, 0.15) is 12.5 Å². The van der Waals surface area contributed by atoms with Crippen molar-refractivity contribution < 1.29 is 14.4 Å². The molecule has 1 saturated heterocycles. The first-order valence-electron chi connectivity index (χ1n) is 7.13. The Morgan fingerprint density at radius 3 is 2.45 bits per heavy atom. The molecule has 1 heterocycles. The number of nitrogens with one attached hydrogen (secondary N) is 3. The number of rotatable bonds is 7. The predicted octanol–water partition coefficient (Wildman–Crippen LogP) is -1.32. The summed E-state index contributed by atoms with van der Waals surface area (Å²) in [5, 5.41) is 8.12. The van der Waals surface area contributed by atoms with Gasteiger partial charge in [0, 0.05) is 12.5 Å². The molecule has 3 amide bonds. The Balaban J connectivity index is 2.00. The van der Waals surface area contributed by atoms with Crippen LogP contribution in [0.3, 0.4) is 0 Å². The van der Waals surface area contributed by atoms with E-state index < -0.39 is 17.9 Å². The lowest BCUT2D eigenvalue weighted by Gasteiger charge is -2.18. The van der Waals surface area contributed by atoms with Gasteiger partial charge in [-0.1, -0.05) is 30.3 Å². The largest absolute Gasteiger partial charge is 0.368 e. The molecule has 0 bridgehead atoms. The van der Waals surface area contributed by atoms with E-state index in [1.165, 1.54) is 0 Å². The monoisotopic (exact) mass is 304 g/mol. The van der Waals surface area contributed by atoms with Crippen LogP contribution in [0.5, 0.6) is 0 Å². The summed E-state index contributed by atoms with van der Waals surface area (Å²) in [6.45, 7) is 1.64. The van der Waals surface area contributed by atoms with Crippen molar-refractivity contribution in [3.63, 3.8) is 0 Å². The first-order chi connectivity index (χ1) is 10.5. The Morgan fingerprint density at radius 2 is 1.91 bits per heavy atom. The highest BCUT2D eigenvalue weighted by Crippen LogP contribution is 2.10. The fourth-order valence-corrected chi connectivity index (χ4v) is 2.15. The van der Waals surface area contributed by atoms with Gasteiger partial charge in [0.2, 0.25) is 17.7 Å². The Kier molecular flexibility index (Phi) is 5.11. The average Bonchev–Trinajstić information content (AvgIpc) is 3.22. The lowest BCUT2D eigenvalue weighted by atomic mass is 10.0. The highest BCUT2D eigenvalue weighted by Gasteiger charge is 2.39. The third-order valence-electron chi connectivity index (χ3n) is 3.47. The zero-order valence-corrected chi connectivity index (χ0v) is 12.3. The number of amides is 3. The minimum Gasteiger partial charge on any atom is -0.368 e. The number of nitrogens with two attached hydrogens (primary N) is 1. The molecule has 1 aromatic rings. The summed E-state index contributed by atoms with van der Waals surface area (Å²) >= 11 is 0. The summed E-state index contributed by atoms with van der Waals surface area (Å²) in [7, 11) is 0. The zero-order valence-electron chi connectivity index (χ0n) is 12.3. The lowest BCUT2D eigenvalue weighted by Crippen LogP contribution is -2.51. The fourth-order valence-electron chi connectivity index (χ4n) is 2.15. The van der Waals surface area contributed by atoms with Gasteiger partial charge in [-0.3, -0.25) is 19.7 Å². The van der Waals surface area contributed by atoms with Crippen LogP contribution in [0.25, 0.3) is 0 Å². The van der Waals surface area contributed by atoms with E-state index >= 15 is 0 Å². The van der Waals surface area contributed by atoms with Gasteiger partial charge in [-0.05, 0) is 12.5 Å². The Hall–Kier alpha value is -2.41. The third-order valence-corrected chi connectivity index (χ3v) is 3.47. The van der Waals surface area contributed by atoms with E-state index in [9.17, 15) is 14.4 Å². The summed E-state index contributed by atoms with van der Waals surface area (Å²) in [5.41, 5.74) is 5.94. The Labute approximate surface area is 128 Å². The first kappa shape index (κ1) is 16.0. The second-order valence-corrected chi connectivity index (χ2v) is 5.37. The van der Waals surface area contributed by atoms with Gasteiger partial charge in [0.05, 0.1) is 6.54 Å². The van der Waals surface area contributed by atoms with E-state index in [-0.39, 0.29) is 24.5 Å². The number of hydrogen-bond donors (Lipinski definition) is 4. The molecule has 0 unspecified atom stereocenters. The van der Waals surface area contributed by atoms with Gasteiger partial charge < -0.3 is 16.4 Å². The number of benzene rings is 1. The van der Waals surface area contributed by atoms with Gasteiger partial charge in [-0.2, -0.15) is 0 Å². The first-order valence-corrected chi connectivity index (χ1v) is 7.13. The molecule has 3 atom stereocenters. The van der Waals surface area contributed by atoms with Crippen molar-refractivity contribution in [2.45, 2.75) is 31.5 Å². The molecule has 1 aromatic carbocycles. The number of carbonyl (C=O) groups is 3. The molecule has 1 aliphatic heterocycles. The number of hydrogen-bond acceptors (Lipinski definition) is 4. The smallest absolute Gasteiger partial charge is 0.243 e. The van der Waals surface area contributed by atoms with Gasteiger partial charge in [0.15, 0.2) is 0 Å². The number of carbonyl (C=O) groups excluding carboxylic acids is 3. The summed E-state index contributed by atoms with van der Waals surface area (Å²) < 4.78 is 0. The van der Waals surface area contributed by atoms with Gasteiger partial charge in [-0.15, -0.1) is 0 Å². The van der Waals surface area contributed by atoms with Crippen LogP contribution in [0.4, 0.5) is 0 Å². The molecule has 5 N–H and O–H groups in total. The maximum atomic E-state index is 12.2. The molecular weight excluding hydrogens is 284 g/mol. The molecule has 0 saturated carbocycles. The van der Waals surface area contributed by atoms with Crippen molar-refractivity contribution in [2.24, 2.45) is 5.73 Å². The van der Waals surface area contributed by atoms with Crippen molar-refractivity contribution in [2.75, 3.05) is 6.54 Å². The maximum Gasteiger partial charge on any atom is 0.243 e. The van der Waals surface area contributed by atoms with E-state index in [4.69, 9.17) is 5.73 Å². The Morgan fingerprint density at radius 1 is 1.27 bits per heavy atom. The highest BCUT2D eigenvalue weighted by atomic mass is 16.2. The predicted molar refractivity (Wildman–Crippen MR) is 80.7 cm³/mol. The van der Waals surface area contributed by atoms with E-state index in [1.54, 1.807) is 0 Å². The van der Waals surface area contributed by atoms with Gasteiger partial charge >= 0.3 is 0 Å².